The molecule has 0 heterocycles. The Morgan fingerprint density at radius 3 is 2.56 bits per heavy atom. The number of unbranched alkanes of at least 4 members (excludes halogenated alkanes) is 3. The van der Waals surface area contributed by atoms with Gasteiger partial charge >= 0.3 is 0 Å². The van der Waals surface area contributed by atoms with Crippen molar-refractivity contribution in [2.75, 3.05) is 0 Å². The number of rotatable bonds is 14. The quantitative estimate of drug-likeness (QED) is 0.189. The molecular weight excluding hydrogens is 384 g/mol. The van der Waals surface area contributed by atoms with Gasteiger partial charge in [-0.25, -0.2) is 0 Å². The normalized spacial score (nSPS) is 23.2. The lowest BCUT2D eigenvalue weighted by molar-refractivity contribution is 0.469. The first-order valence-corrected chi connectivity index (χ1v) is 13.3. The fourth-order valence-electron chi connectivity index (χ4n) is 5.30. The second-order valence-corrected chi connectivity index (χ2v) is 9.78. The van der Waals surface area contributed by atoms with E-state index in [1.54, 1.807) is 16.7 Å². The van der Waals surface area contributed by atoms with E-state index < -0.39 is 0 Å². The van der Waals surface area contributed by atoms with Gasteiger partial charge in [-0.1, -0.05) is 94.2 Å². The van der Waals surface area contributed by atoms with Gasteiger partial charge in [0.1, 0.15) is 0 Å². The highest BCUT2D eigenvalue weighted by atomic mass is 14.4. The highest BCUT2D eigenvalue weighted by Gasteiger charge is 2.35. The Morgan fingerprint density at radius 2 is 1.91 bits per heavy atom. The summed E-state index contributed by atoms with van der Waals surface area (Å²) in [4.78, 5) is 0. The van der Waals surface area contributed by atoms with Gasteiger partial charge < -0.3 is 0 Å². The molecule has 2 rings (SSSR count). The van der Waals surface area contributed by atoms with Crippen LogP contribution in [-0.4, -0.2) is 0 Å². The molecule has 0 heteroatoms. The summed E-state index contributed by atoms with van der Waals surface area (Å²) in [5.41, 5.74) is 6.37. The lowest BCUT2D eigenvalue weighted by atomic mass is 9.66. The van der Waals surface area contributed by atoms with Crippen LogP contribution < -0.4 is 0 Å². The molecule has 2 aliphatic carbocycles. The molecule has 0 radical (unpaired) electrons. The van der Waals surface area contributed by atoms with Gasteiger partial charge in [0.2, 0.25) is 0 Å². The van der Waals surface area contributed by atoms with E-state index in [-0.39, 0.29) is 5.41 Å². The molecule has 0 saturated carbocycles. The molecular formula is C32H48. The Labute approximate surface area is 199 Å². The van der Waals surface area contributed by atoms with Crippen molar-refractivity contribution in [3.63, 3.8) is 0 Å². The molecule has 0 nitrogen and oxygen atoms in total. The van der Waals surface area contributed by atoms with Gasteiger partial charge in [-0.05, 0) is 86.8 Å². The summed E-state index contributed by atoms with van der Waals surface area (Å²) in [6, 6.07) is 0. The van der Waals surface area contributed by atoms with Crippen LogP contribution >= 0.6 is 0 Å². The van der Waals surface area contributed by atoms with Gasteiger partial charge in [0.15, 0.2) is 0 Å². The third-order valence-electron chi connectivity index (χ3n) is 7.13. The zero-order chi connectivity index (χ0) is 23.2. The van der Waals surface area contributed by atoms with Gasteiger partial charge in [0, 0.05) is 5.41 Å². The van der Waals surface area contributed by atoms with Crippen LogP contribution in [0.5, 0.6) is 0 Å². The third-order valence-corrected chi connectivity index (χ3v) is 7.13. The monoisotopic (exact) mass is 432 g/mol. The first-order chi connectivity index (χ1) is 15.6. The Morgan fingerprint density at radius 1 is 1.06 bits per heavy atom. The maximum absolute atomic E-state index is 4.08. The molecule has 2 aliphatic rings. The first kappa shape index (κ1) is 26.4. The van der Waals surface area contributed by atoms with E-state index in [1.807, 2.05) is 0 Å². The SMILES string of the molecule is C=CCC(=CC1(C=CCCC)CCCC(C2=CCCC2)=C1C=CCCCC)C(C)CC=C. The van der Waals surface area contributed by atoms with Gasteiger partial charge in [-0.15, -0.1) is 13.2 Å². The molecule has 176 valence electrons. The molecule has 0 aromatic heterocycles. The molecule has 0 fully saturated rings. The molecule has 32 heavy (non-hydrogen) atoms. The van der Waals surface area contributed by atoms with Crippen LogP contribution in [-0.2, 0) is 0 Å². The van der Waals surface area contributed by atoms with Crippen molar-refractivity contribution in [3.8, 4) is 0 Å². The van der Waals surface area contributed by atoms with E-state index in [0.29, 0.717) is 5.92 Å². The van der Waals surface area contributed by atoms with E-state index in [2.05, 4.69) is 82.5 Å². The molecule has 0 aliphatic heterocycles. The lowest BCUT2D eigenvalue weighted by Gasteiger charge is -2.38. The molecule has 0 bridgehead atoms. The summed E-state index contributed by atoms with van der Waals surface area (Å²) in [6.45, 7) is 15.0. The first-order valence-electron chi connectivity index (χ1n) is 13.3. The van der Waals surface area contributed by atoms with Crippen molar-refractivity contribution < 1.29 is 0 Å². The van der Waals surface area contributed by atoms with E-state index >= 15 is 0 Å². The van der Waals surface area contributed by atoms with Crippen molar-refractivity contribution >= 4 is 0 Å². The van der Waals surface area contributed by atoms with Crippen LogP contribution in [0.25, 0.3) is 0 Å². The van der Waals surface area contributed by atoms with Crippen LogP contribution in [0.4, 0.5) is 0 Å². The molecule has 0 spiro atoms. The number of hydrogen-bond donors (Lipinski definition) is 0. The van der Waals surface area contributed by atoms with Gasteiger partial charge in [-0.3, -0.25) is 0 Å². The average Bonchev–Trinajstić information content (AvgIpc) is 3.32. The molecule has 0 aromatic carbocycles. The fraction of sp³-hybridized carbons (Fsp3) is 0.562. The molecule has 2 atom stereocenters. The largest absolute Gasteiger partial charge is 0.103 e. The predicted molar refractivity (Wildman–Crippen MR) is 145 cm³/mol. The Kier molecular flexibility index (Phi) is 11.9. The molecule has 0 aromatic rings. The summed E-state index contributed by atoms with van der Waals surface area (Å²) in [7, 11) is 0. The number of allylic oxidation sites excluding steroid dienone is 12. The predicted octanol–water partition coefficient (Wildman–Crippen LogP) is 10.4. The minimum atomic E-state index is 0.00265. The summed E-state index contributed by atoms with van der Waals surface area (Å²) >= 11 is 0. The van der Waals surface area contributed by atoms with E-state index in [9.17, 15) is 0 Å². The minimum absolute atomic E-state index is 0.00265. The summed E-state index contributed by atoms with van der Waals surface area (Å²) < 4.78 is 0. The van der Waals surface area contributed by atoms with Crippen molar-refractivity contribution in [2.45, 2.75) is 104 Å². The molecule has 0 saturated heterocycles. The van der Waals surface area contributed by atoms with Crippen LogP contribution in [0.3, 0.4) is 0 Å². The van der Waals surface area contributed by atoms with Crippen molar-refractivity contribution in [1.82, 2.24) is 0 Å². The summed E-state index contributed by atoms with van der Waals surface area (Å²) in [6.07, 6.45) is 34.9. The number of hydrogen-bond acceptors (Lipinski definition) is 0. The second-order valence-electron chi connectivity index (χ2n) is 9.78. The van der Waals surface area contributed by atoms with Crippen molar-refractivity contribution in [3.05, 3.63) is 84.1 Å². The summed E-state index contributed by atoms with van der Waals surface area (Å²) in [5.74, 6) is 0.503. The van der Waals surface area contributed by atoms with Crippen LogP contribution in [0.15, 0.2) is 84.1 Å². The maximum Gasteiger partial charge on any atom is 0.0317 e. The topological polar surface area (TPSA) is 0 Å². The van der Waals surface area contributed by atoms with Gasteiger partial charge in [-0.2, -0.15) is 0 Å². The van der Waals surface area contributed by atoms with Gasteiger partial charge in [0.25, 0.3) is 0 Å². The van der Waals surface area contributed by atoms with Crippen LogP contribution in [0, 0.1) is 11.3 Å². The zero-order valence-electron chi connectivity index (χ0n) is 21.3. The van der Waals surface area contributed by atoms with Crippen LogP contribution in [0.1, 0.15) is 104 Å². The molecule has 0 amide bonds. The minimum Gasteiger partial charge on any atom is -0.103 e. The fourth-order valence-corrected chi connectivity index (χ4v) is 5.30. The average molecular weight is 433 g/mol. The highest BCUT2D eigenvalue weighted by molar-refractivity contribution is 5.51. The standard InChI is InChI=1S/C32H48/c1-6-10-12-13-23-31-30(28-20-14-15-21-28)22-17-25-32(31,24-16-11-7-2)26-29(19-9-4)27(5)18-8-3/h8-9,13,16,20,23-24,26-27H,3-4,6-7,10-12,14-15,17-19,21-22,25H2,1-2,5H3. The third kappa shape index (κ3) is 7.36. The smallest absolute Gasteiger partial charge is 0.0317 e. The Bertz CT molecular complexity index is 751. The lowest BCUT2D eigenvalue weighted by Crippen LogP contribution is -2.25. The van der Waals surface area contributed by atoms with Crippen LogP contribution in [0.2, 0.25) is 0 Å². The van der Waals surface area contributed by atoms with E-state index in [4.69, 9.17) is 0 Å². The van der Waals surface area contributed by atoms with E-state index in [1.165, 1.54) is 69.8 Å². The van der Waals surface area contributed by atoms with Crippen molar-refractivity contribution in [2.24, 2.45) is 11.3 Å². The Balaban J connectivity index is 2.66. The molecule has 2 unspecified atom stereocenters. The highest BCUT2D eigenvalue weighted by Crippen LogP contribution is 2.49. The Hall–Kier alpha value is -1.82. The second kappa shape index (κ2) is 14.4. The van der Waals surface area contributed by atoms with Crippen molar-refractivity contribution in [1.29, 1.82) is 0 Å². The zero-order valence-corrected chi connectivity index (χ0v) is 21.3. The van der Waals surface area contributed by atoms with E-state index in [0.717, 1.165) is 19.3 Å². The maximum atomic E-state index is 4.08. The summed E-state index contributed by atoms with van der Waals surface area (Å²) in [5, 5.41) is 0. The molecule has 0 N–H and O–H groups in total. The van der Waals surface area contributed by atoms with Gasteiger partial charge in [0.05, 0.1) is 0 Å².